The lowest BCUT2D eigenvalue weighted by molar-refractivity contribution is -0.141. The fourth-order valence-corrected chi connectivity index (χ4v) is 3.86. The van der Waals surface area contributed by atoms with Gasteiger partial charge in [0.1, 0.15) is 5.82 Å². The van der Waals surface area contributed by atoms with Crippen LogP contribution in [0.5, 0.6) is 0 Å². The lowest BCUT2D eigenvalue weighted by Gasteiger charge is -2.36. The number of likely N-dealkylation sites (N-methyl/N-ethyl adjacent to an activating group) is 1. The van der Waals surface area contributed by atoms with Crippen LogP contribution in [-0.2, 0) is 14.3 Å². The van der Waals surface area contributed by atoms with Crippen LogP contribution in [0.3, 0.4) is 0 Å². The quantitative estimate of drug-likeness (QED) is 0.770. The van der Waals surface area contributed by atoms with E-state index >= 15 is 0 Å². The predicted octanol–water partition coefficient (Wildman–Crippen LogP) is 1.92. The molecule has 2 amide bonds. The Morgan fingerprint density at radius 3 is 2.36 bits per heavy atom. The second-order valence-electron chi connectivity index (χ2n) is 7.72. The van der Waals surface area contributed by atoms with Gasteiger partial charge in [0.25, 0.3) is 0 Å². The first-order chi connectivity index (χ1) is 13.5. The van der Waals surface area contributed by atoms with E-state index in [1.54, 1.807) is 24.1 Å². The molecule has 28 heavy (non-hydrogen) atoms. The number of likely N-dealkylation sites (tertiary alicyclic amines) is 1. The number of morpholine rings is 1. The molecule has 1 aromatic rings. The van der Waals surface area contributed by atoms with Crippen LogP contribution in [0.4, 0.5) is 4.39 Å². The van der Waals surface area contributed by atoms with Gasteiger partial charge in [0, 0.05) is 26.1 Å². The van der Waals surface area contributed by atoms with Gasteiger partial charge in [-0.2, -0.15) is 0 Å². The number of benzene rings is 1. The van der Waals surface area contributed by atoms with Crippen molar-refractivity contribution in [2.75, 3.05) is 53.0 Å². The highest BCUT2D eigenvalue weighted by Gasteiger charge is 2.30. The summed E-state index contributed by atoms with van der Waals surface area (Å²) in [6.45, 7) is 6.41. The van der Waals surface area contributed by atoms with E-state index in [9.17, 15) is 14.0 Å². The van der Waals surface area contributed by atoms with Gasteiger partial charge in [0.15, 0.2) is 0 Å². The lowest BCUT2D eigenvalue weighted by atomic mass is 9.95. The molecule has 0 aliphatic carbocycles. The summed E-state index contributed by atoms with van der Waals surface area (Å²) < 4.78 is 18.4. The van der Waals surface area contributed by atoms with Crippen molar-refractivity contribution in [2.24, 2.45) is 5.92 Å². The van der Waals surface area contributed by atoms with E-state index < -0.39 is 0 Å². The molecule has 0 saturated carbocycles. The molecule has 6 nitrogen and oxygen atoms in total. The van der Waals surface area contributed by atoms with Crippen LogP contribution < -0.4 is 0 Å². The minimum atomic E-state index is -0.278. The second kappa shape index (κ2) is 9.47. The predicted molar refractivity (Wildman–Crippen MR) is 104 cm³/mol. The summed E-state index contributed by atoms with van der Waals surface area (Å²) in [6.07, 6.45) is 1.58. The Labute approximate surface area is 166 Å². The number of hydrogen-bond acceptors (Lipinski definition) is 4. The zero-order valence-corrected chi connectivity index (χ0v) is 16.8. The highest BCUT2D eigenvalue weighted by molar-refractivity contribution is 5.80. The molecular weight excluding hydrogens is 361 g/mol. The molecule has 2 saturated heterocycles. The third-order valence-corrected chi connectivity index (χ3v) is 5.95. The molecule has 1 atom stereocenters. The Balaban J connectivity index is 1.46. The van der Waals surface area contributed by atoms with Gasteiger partial charge >= 0.3 is 0 Å². The van der Waals surface area contributed by atoms with Crippen molar-refractivity contribution in [3.05, 3.63) is 35.6 Å². The Hall–Kier alpha value is -1.99. The van der Waals surface area contributed by atoms with E-state index in [4.69, 9.17) is 4.74 Å². The molecule has 1 unspecified atom stereocenters. The standard InChI is InChI=1S/C21H30FN3O3/c1-16(17-3-5-19(22)6-4-17)23(2)20(26)15-24-9-7-18(8-10-24)21(27)25-11-13-28-14-12-25/h3-6,16,18H,7-15H2,1-2H3. The lowest BCUT2D eigenvalue weighted by Crippen LogP contribution is -2.48. The van der Waals surface area contributed by atoms with E-state index in [1.165, 1.54) is 12.1 Å². The van der Waals surface area contributed by atoms with Crippen molar-refractivity contribution in [1.82, 2.24) is 14.7 Å². The van der Waals surface area contributed by atoms with Gasteiger partial charge in [-0.1, -0.05) is 12.1 Å². The fraction of sp³-hybridized carbons (Fsp3) is 0.619. The highest BCUT2D eigenvalue weighted by Crippen LogP contribution is 2.22. The summed E-state index contributed by atoms with van der Waals surface area (Å²) in [4.78, 5) is 31.0. The topological polar surface area (TPSA) is 53.1 Å². The Kier molecular flexibility index (Phi) is 7.02. The minimum absolute atomic E-state index is 0.0368. The minimum Gasteiger partial charge on any atom is -0.378 e. The van der Waals surface area contributed by atoms with Crippen LogP contribution in [0, 0.1) is 11.7 Å². The fourth-order valence-electron chi connectivity index (χ4n) is 3.86. The van der Waals surface area contributed by atoms with Gasteiger partial charge in [-0.15, -0.1) is 0 Å². The molecule has 0 spiro atoms. The van der Waals surface area contributed by atoms with E-state index in [2.05, 4.69) is 4.90 Å². The molecule has 2 heterocycles. The number of carbonyl (C=O) groups is 2. The largest absolute Gasteiger partial charge is 0.378 e. The maximum Gasteiger partial charge on any atom is 0.236 e. The summed E-state index contributed by atoms with van der Waals surface area (Å²) in [5.74, 6) is 0.0471. The molecule has 0 aromatic heterocycles. The molecule has 0 radical (unpaired) electrons. The van der Waals surface area contributed by atoms with Gasteiger partial charge in [0.05, 0.1) is 25.8 Å². The van der Waals surface area contributed by atoms with E-state index in [1.807, 2.05) is 11.8 Å². The van der Waals surface area contributed by atoms with E-state index in [-0.39, 0.29) is 29.6 Å². The van der Waals surface area contributed by atoms with Crippen molar-refractivity contribution in [1.29, 1.82) is 0 Å². The highest BCUT2D eigenvalue weighted by atomic mass is 19.1. The molecule has 2 fully saturated rings. The number of hydrogen-bond donors (Lipinski definition) is 0. The number of amides is 2. The van der Waals surface area contributed by atoms with Crippen molar-refractivity contribution >= 4 is 11.8 Å². The Morgan fingerprint density at radius 2 is 1.75 bits per heavy atom. The molecule has 3 rings (SSSR count). The normalized spacial score (nSPS) is 20.0. The number of rotatable bonds is 5. The second-order valence-corrected chi connectivity index (χ2v) is 7.72. The number of nitrogens with zero attached hydrogens (tertiary/aromatic N) is 3. The molecule has 0 N–H and O–H groups in total. The first-order valence-corrected chi connectivity index (χ1v) is 10.1. The molecular formula is C21H30FN3O3. The SMILES string of the molecule is CC(c1ccc(F)cc1)N(C)C(=O)CN1CCC(C(=O)N2CCOCC2)CC1. The van der Waals surface area contributed by atoms with Crippen molar-refractivity contribution in [3.63, 3.8) is 0 Å². The Bertz CT molecular complexity index is 668. The van der Waals surface area contributed by atoms with Crippen molar-refractivity contribution < 1.29 is 18.7 Å². The summed E-state index contributed by atoms with van der Waals surface area (Å²) >= 11 is 0. The smallest absolute Gasteiger partial charge is 0.236 e. The molecule has 7 heteroatoms. The summed E-state index contributed by atoms with van der Waals surface area (Å²) in [7, 11) is 1.78. The third-order valence-electron chi connectivity index (χ3n) is 5.95. The molecule has 154 valence electrons. The van der Waals surface area contributed by atoms with Crippen LogP contribution in [-0.4, -0.2) is 79.5 Å². The van der Waals surface area contributed by atoms with Crippen LogP contribution >= 0.6 is 0 Å². The van der Waals surface area contributed by atoms with Gasteiger partial charge in [-0.3, -0.25) is 14.5 Å². The van der Waals surface area contributed by atoms with Gasteiger partial charge in [0.2, 0.25) is 11.8 Å². The average molecular weight is 391 g/mol. The number of carbonyl (C=O) groups excluding carboxylic acids is 2. The zero-order valence-electron chi connectivity index (χ0n) is 16.8. The molecule has 2 aliphatic rings. The maximum atomic E-state index is 13.1. The van der Waals surface area contributed by atoms with Gasteiger partial charge in [-0.25, -0.2) is 4.39 Å². The van der Waals surface area contributed by atoms with Gasteiger partial charge < -0.3 is 14.5 Å². The van der Waals surface area contributed by atoms with Crippen LogP contribution in [0.15, 0.2) is 24.3 Å². The summed E-state index contributed by atoms with van der Waals surface area (Å²) in [5.41, 5.74) is 0.909. The number of halogens is 1. The van der Waals surface area contributed by atoms with Crippen LogP contribution in [0.2, 0.25) is 0 Å². The van der Waals surface area contributed by atoms with Crippen LogP contribution in [0.25, 0.3) is 0 Å². The maximum absolute atomic E-state index is 13.1. The monoisotopic (exact) mass is 391 g/mol. The number of piperidine rings is 1. The van der Waals surface area contributed by atoms with Gasteiger partial charge in [-0.05, 0) is 50.6 Å². The van der Waals surface area contributed by atoms with E-state index in [0.717, 1.165) is 31.5 Å². The molecule has 1 aromatic carbocycles. The summed E-state index contributed by atoms with van der Waals surface area (Å²) in [5, 5.41) is 0. The molecule has 0 bridgehead atoms. The van der Waals surface area contributed by atoms with Crippen LogP contribution in [0.1, 0.15) is 31.4 Å². The van der Waals surface area contributed by atoms with E-state index in [0.29, 0.717) is 32.8 Å². The first-order valence-electron chi connectivity index (χ1n) is 10.1. The average Bonchev–Trinajstić information content (AvgIpc) is 2.74. The van der Waals surface area contributed by atoms with Crippen molar-refractivity contribution in [2.45, 2.75) is 25.8 Å². The summed E-state index contributed by atoms with van der Waals surface area (Å²) in [6, 6.07) is 6.15. The third kappa shape index (κ3) is 5.08. The zero-order chi connectivity index (χ0) is 20.1. The molecule has 2 aliphatic heterocycles. The Morgan fingerprint density at radius 1 is 1.14 bits per heavy atom. The number of ether oxygens (including phenoxy) is 1. The first kappa shape index (κ1) is 20.7. The van der Waals surface area contributed by atoms with Crippen molar-refractivity contribution in [3.8, 4) is 0 Å².